The Kier molecular flexibility index (Phi) is 4.31. The van der Waals surface area contributed by atoms with Crippen LogP contribution in [-0.2, 0) is 0 Å². The van der Waals surface area contributed by atoms with Crippen molar-refractivity contribution in [1.82, 2.24) is 10.2 Å². The van der Waals surface area contributed by atoms with Gasteiger partial charge in [-0.2, -0.15) is 0 Å². The highest BCUT2D eigenvalue weighted by atomic mass is 19.1. The van der Waals surface area contributed by atoms with Crippen LogP contribution in [0.15, 0.2) is 29.3 Å². The Morgan fingerprint density at radius 2 is 2.19 bits per heavy atom. The monoisotopic (exact) mass is 293 g/mol. The first-order valence-electron chi connectivity index (χ1n) is 7.52. The molecule has 5 heteroatoms. The predicted octanol–water partition coefficient (Wildman–Crippen LogP) is 2.69. The largest absolute Gasteiger partial charge is 0.289 e. The Hall–Kier alpha value is -1.33. The van der Waals surface area contributed by atoms with Crippen molar-refractivity contribution in [3.05, 3.63) is 35.6 Å². The minimum Gasteiger partial charge on any atom is -0.289 e. The van der Waals surface area contributed by atoms with Crippen LogP contribution in [0.25, 0.3) is 0 Å². The molecule has 0 aliphatic carbocycles. The minimum absolute atomic E-state index is 0.00624. The molecule has 0 bridgehead atoms. The number of nitrogens with zero attached hydrogens (tertiary/aromatic N) is 2. The van der Waals surface area contributed by atoms with Gasteiger partial charge in [-0.1, -0.05) is 18.2 Å². The number of alkyl halides is 1. The number of halogens is 2. The number of nitrogens with one attached hydrogen (secondary N) is 1. The Morgan fingerprint density at radius 1 is 1.38 bits per heavy atom. The van der Waals surface area contributed by atoms with Gasteiger partial charge in [0.05, 0.1) is 0 Å². The summed E-state index contributed by atoms with van der Waals surface area (Å²) in [7, 11) is 0. The summed E-state index contributed by atoms with van der Waals surface area (Å²) in [5, 5.41) is 3.25. The van der Waals surface area contributed by atoms with Crippen LogP contribution in [0.1, 0.15) is 31.2 Å². The summed E-state index contributed by atoms with van der Waals surface area (Å²) in [5.74, 6) is -0.250. The summed E-state index contributed by atoms with van der Waals surface area (Å²) in [6.07, 6.45) is 0.113. The van der Waals surface area contributed by atoms with E-state index in [0.717, 1.165) is 18.7 Å². The lowest BCUT2D eigenvalue weighted by molar-refractivity contribution is 0.0308. The van der Waals surface area contributed by atoms with Gasteiger partial charge in [0.1, 0.15) is 12.0 Å². The highest BCUT2D eigenvalue weighted by Gasteiger charge is 2.32. The first-order valence-corrected chi connectivity index (χ1v) is 7.52. The number of likely N-dealkylation sites (tertiary alicyclic amines) is 1. The molecule has 1 aromatic carbocycles. The van der Waals surface area contributed by atoms with E-state index < -0.39 is 6.30 Å². The first kappa shape index (κ1) is 14.6. The van der Waals surface area contributed by atoms with Crippen LogP contribution in [0.3, 0.4) is 0 Å². The maximum atomic E-state index is 14.4. The van der Waals surface area contributed by atoms with Gasteiger partial charge in [-0.05, 0) is 37.3 Å². The fourth-order valence-electron chi connectivity index (χ4n) is 3.21. The van der Waals surface area contributed by atoms with Crippen molar-refractivity contribution in [3.8, 4) is 0 Å². The summed E-state index contributed by atoms with van der Waals surface area (Å²) in [6, 6.07) is 6.72. The maximum Gasteiger partial charge on any atom is 0.154 e. The van der Waals surface area contributed by atoms with Crippen LogP contribution in [0, 0.1) is 5.82 Å². The zero-order chi connectivity index (χ0) is 14.8. The second-order valence-corrected chi connectivity index (χ2v) is 5.93. The van der Waals surface area contributed by atoms with Crippen molar-refractivity contribution in [2.45, 2.75) is 38.1 Å². The average Bonchev–Trinajstić information content (AvgIpc) is 2.87. The van der Waals surface area contributed by atoms with E-state index in [1.165, 1.54) is 6.07 Å². The molecule has 0 radical (unpaired) electrons. The molecule has 3 nitrogen and oxygen atoms in total. The SMILES string of the molecule is CC1=NC(CN2CCC(c3ccccc3F)CC2F)NC1. The molecule has 0 spiro atoms. The van der Waals surface area contributed by atoms with Crippen molar-refractivity contribution >= 4 is 5.71 Å². The predicted molar refractivity (Wildman–Crippen MR) is 79.7 cm³/mol. The molecular formula is C16H21F2N3. The number of hydrogen-bond donors (Lipinski definition) is 1. The zero-order valence-electron chi connectivity index (χ0n) is 12.2. The van der Waals surface area contributed by atoms with Crippen molar-refractivity contribution < 1.29 is 8.78 Å². The van der Waals surface area contributed by atoms with E-state index in [2.05, 4.69) is 10.3 Å². The van der Waals surface area contributed by atoms with Crippen LogP contribution in [-0.4, -0.2) is 42.7 Å². The molecule has 1 N–H and O–H groups in total. The fourth-order valence-corrected chi connectivity index (χ4v) is 3.21. The van der Waals surface area contributed by atoms with E-state index in [-0.39, 0.29) is 17.9 Å². The molecule has 0 aromatic heterocycles. The Labute approximate surface area is 124 Å². The Balaban J connectivity index is 1.61. The summed E-state index contributed by atoms with van der Waals surface area (Å²) in [6.45, 7) is 3.99. The molecule has 21 heavy (non-hydrogen) atoms. The number of benzene rings is 1. The minimum atomic E-state index is -1.03. The number of rotatable bonds is 3. The van der Waals surface area contributed by atoms with E-state index in [1.54, 1.807) is 12.1 Å². The van der Waals surface area contributed by atoms with Gasteiger partial charge >= 0.3 is 0 Å². The van der Waals surface area contributed by atoms with E-state index in [4.69, 9.17) is 0 Å². The van der Waals surface area contributed by atoms with Crippen LogP contribution < -0.4 is 5.32 Å². The topological polar surface area (TPSA) is 27.6 Å². The van der Waals surface area contributed by atoms with Crippen LogP contribution in [0.5, 0.6) is 0 Å². The third-order valence-electron chi connectivity index (χ3n) is 4.36. The lowest BCUT2D eigenvalue weighted by Crippen LogP contribution is -2.45. The van der Waals surface area contributed by atoms with Gasteiger partial charge < -0.3 is 0 Å². The van der Waals surface area contributed by atoms with Gasteiger partial charge in [0, 0.05) is 25.3 Å². The maximum absolute atomic E-state index is 14.4. The smallest absolute Gasteiger partial charge is 0.154 e. The lowest BCUT2D eigenvalue weighted by atomic mass is 9.88. The highest BCUT2D eigenvalue weighted by molar-refractivity contribution is 5.85. The molecular weight excluding hydrogens is 272 g/mol. The fraction of sp³-hybridized carbons (Fsp3) is 0.562. The van der Waals surface area contributed by atoms with Crippen molar-refractivity contribution in [2.24, 2.45) is 4.99 Å². The van der Waals surface area contributed by atoms with Gasteiger partial charge in [0.2, 0.25) is 0 Å². The van der Waals surface area contributed by atoms with Gasteiger partial charge in [-0.15, -0.1) is 0 Å². The normalized spacial score (nSPS) is 30.4. The first-order chi connectivity index (χ1) is 10.1. The molecule has 1 fully saturated rings. The number of piperidine rings is 1. The molecule has 3 atom stereocenters. The van der Waals surface area contributed by atoms with Gasteiger partial charge in [-0.25, -0.2) is 8.78 Å². The molecule has 114 valence electrons. The van der Waals surface area contributed by atoms with E-state index in [1.807, 2.05) is 17.9 Å². The second kappa shape index (κ2) is 6.20. The van der Waals surface area contributed by atoms with Gasteiger partial charge in [0.15, 0.2) is 6.30 Å². The lowest BCUT2D eigenvalue weighted by Gasteiger charge is -2.36. The summed E-state index contributed by atoms with van der Waals surface area (Å²) < 4.78 is 28.2. The zero-order valence-corrected chi connectivity index (χ0v) is 12.2. The van der Waals surface area contributed by atoms with Crippen molar-refractivity contribution in [2.75, 3.05) is 19.6 Å². The number of hydrogen-bond acceptors (Lipinski definition) is 3. The summed E-state index contributed by atoms with van der Waals surface area (Å²) in [5.41, 5.74) is 1.71. The Bertz CT molecular complexity index is 532. The molecule has 0 amide bonds. The molecule has 1 saturated heterocycles. The van der Waals surface area contributed by atoms with Crippen molar-refractivity contribution in [3.63, 3.8) is 0 Å². The number of aliphatic imine (C=N–C) groups is 1. The van der Waals surface area contributed by atoms with Gasteiger partial charge in [0.25, 0.3) is 0 Å². The summed E-state index contributed by atoms with van der Waals surface area (Å²) in [4.78, 5) is 6.26. The molecule has 0 saturated carbocycles. The molecule has 3 unspecified atom stereocenters. The van der Waals surface area contributed by atoms with E-state index >= 15 is 0 Å². The van der Waals surface area contributed by atoms with Crippen LogP contribution in [0.2, 0.25) is 0 Å². The van der Waals surface area contributed by atoms with E-state index in [9.17, 15) is 8.78 Å². The summed E-state index contributed by atoms with van der Waals surface area (Å²) >= 11 is 0. The molecule has 1 aromatic rings. The standard InChI is InChI=1S/C16H21F2N3/c1-11-9-19-16(20-11)10-21-7-6-12(8-15(21)18)13-4-2-3-5-14(13)17/h2-5,12,15-16,19H,6-10H2,1H3. The van der Waals surface area contributed by atoms with Crippen molar-refractivity contribution in [1.29, 1.82) is 0 Å². The third kappa shape index (κ3) is 3.30. The van der Waals surface area contributed by atoms with Crippen LogP contribution >= 0.6 is 0 Å². The van der Waals surface area contributed by atoms with Gasteiger partial charge in [-0.3, -0.25) is 15.2 Å². The molecule has 2 heterocycles. The quantitative estimate of drug-likeness (QED) is 0.868. The average molecular weight is 293 g/mol. The molecule has 2 aliphatic heterocycles. The highest BCUT2D eigenvalue weighted by Crippen LogP contribution is 2.33. The second-order valence-electron chi connectivity index (χ2n) is 5.93. The Morgan fingerprint density at radius 3 is 2.86 bits per heavy atom. The molecule has 3 rings (SSSR count). The molecule has 2 aliphatic rings. The van der Waals surface area contributed by atoms with E-state index in [0.29, 0.717) is 25.1 Å². The van der Waals surface area contributed by atoms with Crippen LogP contribution in [0.4, 0.5) is 8.78 Å². The third-order valence-corrected chi connectivity index (χ3v) is 4.36.